The number of nitrogens with one attached hydrogen (secondary N) is 2. The average molecular weight is 276 g/mol. The second-order valence-electron chi connectivity index (χ2n) is 4.48. The lowest BCUT2D eigenvalue weighted by atomic mass is 10.1. The number of halogens is 1. The summed E-state index contributed by atoms with van der Waals surface area (Å²) in [7, 11) is 1.68. The Morgan fingerprint density at radius 2 is 2.15 bits per heavy atom. The van der Waals surface area contributed by atoms with E-state index >= 15 is 0 Å². The van der Waals surface area contributed by atoms with Gasteiger partial charge in [-0.3, -0.25) is 4.99 Å². The van der Waals surface area contributed by atoms with Gasteiger partial charge in [0.1, 0.15) is 5.82 Å². The Hall–Kier alpha value is -2.09. The molecule has 0 atom stereocenters. The average Bonchev–Trinajstić information content (AvgIpc) is 2.47. The van der Waals surface area contributed by atoms with Crippen molar-refractivity contribution in [1.82, 2.24) is 10.6 Å². The number of rotatable bonds is 6. The molecule has 1 aromatic carbocycles. The van der Waals surface area contributed by atoms with Gasteiger partial charge in [-0.15, -0.1) is 0 Å². The molecule has 0 aliphatic rings. The first-order chi connectivity index (χ1) is 9.71. The van der Waals surface area contributed by atoms with Crippen LogP contribution in [0, 0.1) is 17.1 Å². The second kappa shape index (κ2) is 8.92. The van der Waals surface area contributed by atoms with Gasteiger partial charge in [-0.25, -0.2) is 4.39 Å². The summed E-state index contributed by atoms with van der Waals surface area (Å²) in [6.45, 7) is 3.34. The summed E-state index contributed by atoms with van der Waals surface area (Å²) in [5.41, 5.74) is 0.842. The highest BCUT2D eigenvalue weighted by Crippen LogP contribution is 2.09. The Kier molecular flexibility index (Phi) is 7.12. The van der Waals surface area contributed by atoms with Gasteiger partial charge in [0, 0.05) is 25.7 Å². The van der Waals surface area contributed by atoms with Gasteiger partial charge in [-0.05, 0) is 18.6 Å². The molecule has 0 radical (unpaired) electrons. The van der Waals surface area contributed by atoms with Gasteiger partial charge in [0.25, 0.3) is 0 Å². The molecule has 0 bridgehead atoms. The van der Waals surface area contributed by atoms with E-state index < -0.39 is 0 Å². The Balaban J connectivity index is 2.47. The number of nitriles is 1. The van der Waals surface area contributed by atoms with Crippen molar-refractivity contribution >= 4 is 5.96 Å². The Labute approximate surface area is 119 Å². The van der Waals surface area contributed by atoms with Gasteiger partial charge < -0.3 is 10.6 Å². The summed E-state index contributed by atoms with van der Waals surface area (Å²) in [5, 5.41) is 14.9. The summed E-state index contributed by atoms with van der Waals surface area (Å²) >= 11 is 0. The SMILES string of the molecule is CCCCCNC(=NC)NCc1ccc(C#N)cc1F. The summed E-state index contributed by atoms with van der Waals surface area (Å²) in [6.07, 6.45) is 3.43. The molecule has 1 aromatic rings. The molecule has 5 heteroatoms. The molecular weight excluding hydrogens is 255 g/mol. The molecule has 4 nitrogen and oxygen atoms in total. The smallest absolute Gasteiger partial charge is 0.191 e. The van der Waals surface area contributed by atoms with Crippen LogP contribution >= 0.6 is 0 Å². The molecule has 0 saturated heterocycles. The van der Waals surface area contributed by atoms with Crippen molar-refractivity contribution < 1.29 is 4.39 Å². The van der Waals surface area contributed by atoms with Crippen LogP contribution in [0.3, 0.4) is 0 Å². The molecule has 0 aliphatic heterocycles. The highest BCUT2D eigenvalue weighted by atomic mass is 19.1. The van der Waals surface area contributed by atoms with Gasteiger partial charge in [0.05, 0.1) is 11.6 Å². The van der Waals surface area contributed by atoms with E-state index in [0.29, 0.717) is 23.6 Å². The predicted octanol–water partition coefficient (Wildman–Crippen LogP) is 2.55. The first kappa shape index (κ1) is 16.0. The van der Waals surface area contributed by atoms with Crippen molar-refractivity contribution in [2.45, 2.75) is 32.7 Å². The van der Waals surface area contributed by atoms with Crippen molar-refractivity contribution in [1.29, 1.82) is 5.26 Å². The third-order valence-electron chi connectivity index (χ3n) is 2.92. The molecule has 0 amide bonds. The number of hydrogen-bond acceptors (Lipinski definition) is 2. The molecule has 2 N–H and O–H groups in total. The van der Waals surface area contributed by atoms with Gasteiger partial charge in [0.2, 0.25) is 0 Å². The van der Waals surface area contributed by atoms with E-state index in [4.69, 9.17) is 5.26 Å². The third-order valence-corrected chi connectivity index (χ3v) is 2.92. The molecule has 0 spiro atoms. The van der Waals surface area contributed by atoms with Crippen LogP contribution in [0.5, 0.6) is 0 Å². The fourth-order valence-electron chi connectivity index (χ4n) is 1.74. The summed E-state index contributed by atoms with van der Waals surface area (Å²) in [5.74, 6) is 0.280. The van der Waals surface area contributed by atoms with E-state index in [9.17, 15) is 4.39 Å². The fraction of sp³-hybridized carbons (Fsp3) is 0.467. The fourth-order valence-corrected chi connectivity index (χ4v) is 1.74. The van der Waals surface area contributed by atoms with Crippen LogP contribution in [0.1, 0.15) is 37.3 Å². The topological polar surface area (TPSA) is 60.2 Å². The van der Waals surface area contributed by atoms with E-state index in [1.165, 1.54) is 18.9 Å². The molecule has 0 aliphatic carbocycles. The lowest BCUT2D eigenvalue weighted by molar-refractivity contribution is 0.603. The van der Waals surface area contributed by atoms with E-state index in [1.54, 1.807) is 19.2 Å². The monoisotopic (exact) mass is 276 g/mol. The molecule has 0 unspecified atom stereocenters. The minimum absolute atomic E-state index is 0.327. The summed E-state index contributed by atoms with van der Waals surface area (Å²) in [6, 6.07) is 6.38. The van der Waals surface area contributed by atoms with Gasteiger partial charge in [0.15, 0.2) is 5.96 Å². The quantitative estimate of drug-likeness (QED) is 0.477. The minimum Gasteiger partial charge on any atom is -0.356 e. The molecule has 20 heavy (non-hydrogen) atoms. The molecule has 0 heterocycles. The number of unbranched alkanes of at least 4 members (excludes halogenated alkanes) is 2. The van der Waals surface area contributed by atoms with Crippen LogP contribution < -0.4 is 10.6 Å². The first-order valence-corrected chi connectivity index (χ1v) is 6.84. The van der Waals surface area contributed by atoms with Gasteiger partial charge in [-0.1, -0.05) is 25.8 Å². The van der Waals surface area contributed by atoms with Crippen LogP contribution in [-0.2, 0) is 6.54 Å². The number of benzene rings is 1. The molecule has 0 fully saturated rings. The van der Waals surface area contributed by atoms with Crippen LogP contribution in [-0.4, -0.2) is 19.6 Å². The standard InChI is InChI=1S/C15H21FN4/c1-3-4-5-8-19-15(18-2)20-11-13-7-6-12(10-17)9-14(13)16/h6-7,9H,3-5,8,11H2,1-2H3,(H2,18,19,20). The molecule has 108 valence electrons. The maximum atomic E-state index is 13.7. The highest BCUT2D eigenvalue weighted by Gasteiger charge is 2.04. The normalized spacial score (nSPS) is 11.0. The maximum Gasteiger partial charge on any atom is 0.191 e. The van der Waals surface area contributed by atoms with Crippen LogP contribution in [0.25, 0.3) is 0 Å². The van der Waals surface area contributed by atoms with Crippen molar-refractivity contribution in [2.75, 3.05) is 13.6 Å². The lowest BCUT2D eigenvalue weighted by Gasteiger charge is -2.12. The number of guanidine groups is 1. The van der Waals surface area contributed by atoms with E-state index in [-0.39, 0.29) is 5.82 Å². The van der Waals surface area contributed by atoms with E-state index in [0.717, 1.165) is 13.0 Å². The molecular formula is C15H21FN4. The van der Waals surface area contributed by atoms with E-state index in [1.807, 2.05) is 6.07 Å². The lowest BCUT2D eigenvalue weighted by Crippen LogP contribution is -2.37. The Morgan fingerprint density at radius 1 is 1.35 bits per heavy atom. The van der Waals surface area contributed by atoms with Crippen molar-refractivity contribution in [2.24, 2.45) is 4.99 Å². The zero-order chi connectivity index (χ0) is 14.8. The second-order valence-corrected chi connectivity index (χ2v) is 4.48. The molecule has 0 aromatic heterocycles. The molecule has 0 saturated carbocycles. The largest absolute Gasteiger partial charge is 0.356 e. The van der Waals surface area contributed by atoms with Crippen LogP contribution in [0.2, 0.25) is 0 Å². The highest BCUT2D eigenvalue weighted by molar-refractivity contribution is 5.79. The Bertz CT molecular complexity index is 491. The number of aliphatic imine (C=N–C) groups is 1. The summed E-state index contributed by atoms with van der Waals surface area (Å²) in [4.78, 5) is 4.08. The van der Waals surface area contributed by atoms with Gasteiger partial charge in [-0.2, -0.15) is 5.26 Å². The van der Waals surface area contributed by atoms with Crippen LogP contribution in [0.15, 0.2) is 23.2 Å². The first-order valence-electron chi connectivity index (χ1n) is 6.84. The maximum absolute atomic E-state index is 13.7. The van der Waals surface area contributed by atoms with Crippen molar-refractivity contribution in [3.63, 3.8) is 0 Å². The third kappa shape index (κ3) is 5.27. The molecule has 1 rings (SSSR count). The number of hydrogen-bond donors (Lipinski definition) is 2. The van der Waals surface area contributed by atoms with Crippen molar-refractivity contribution in [3.05, 3.63) is 35.1 Å². The number of nitrogens with zero attached hydrogens (tertiary/aromatic N) is 2. The summed E-state index contributed by atoms with van der Waals surface area (Å²) < 4.78 is 13.7. The Morgan fingerprint density at radius 3 is 2.75 bits per heavy atom. The van der Waals surface area contributed by atoms with Crippen LogP contribution in [0.4, 0.5) is 4.39 Å². The van der Waals surface area contributed by atoms with Gasteiger partial charge >= 0.3 is 0 Å². The zero-order valence-corrected chi connectivity index (χ0v) is 12.0. The predicted molar refractivity (Wildman–Crippen MR) is 78.8 cm³/mol. The van der Waals surface area contributed by atoms with Crippen molar-refractivity contribution in [3.8, 4) is 6.07 Å². The zero-order valence-electron chi connectivity index (χ0n) is 12.0. The van der Waals surface area contributed by atoms with E-state index in [2.05, 4.69) is 22.5 Å². The minimum atomic E-state index is -0.377.